The molecule has 0 N–H and O–H groups in total. The van der Waals surface area contributed by atoms with Crippen LogP contribution in [0, 0.1) is 13.8 Å². The Balaban J connectivity index is 1.40. The predicted octanol–water partition coefficient (Wildman–Crippen LogP) is 3.20. The van der Waals surface area contributed by atoms with Crippen LogP contribution in [-0.4, -0.2) is 40.4 Å². The van der Waals surface area contributed by atoms with Crippen molar-refractivity contribution in [1.82, 2.24) is 14.9 Å². The van der Waals surface area contributed by atoms with Gasteiger partial charge in [-0.3, -0.25) is 9.69 Å². The molecule has 27 heavy (non-hydrogen) atoms. The second-order valence-corrected chi connectivity index (χ2v) is 6.99. The number of carbonyl (C=O) groups is 1. The predicted molar refractivity (Wildman–Crippen MR) is 103 cm³/mol. The van der Waals surface area contributed by atoms with Gasteiger partial charge in [0.05, 0.1) is 12.8 Å². The lowest BCUT2D eigenvalue weighted by atomic mass is 10.1. The molecular formula is C21H22N4O2. The normalized spacial score (nSPS) is 15.3. The highest BCUT2D eigenvalue weighted by Crippen LogP contribution is 2.22. The van der Waals surface area contributed by atoms with E-state index in [-0.39, 0.29) is 5.91 Å². The topological polar surface area (TPSA) is 62.5 Å². The van der Waals surface area contributed by atoms with E-state index in [1.807, 2.05) is 17.0 Å². The Bertz CT molecular complexity index is 915. The van der Waals surface area contributed by atoms with Crippen LogP contribution in [0.3, 0.4) is 0 Å². The van der Waals surface area contributed by atoms with Crippen LogP contribution in [0.2, 0.25) is 0 Å². The molecule has 0 saturated carbocycles. The molecule has 0 unspecified atom stereocenters. The first kappa shape index (κ1) is 17.4. The van der Waals surface area contributed by atoms with Gasteiger partial charge >= 0.3 is 0 Å². The number of carbonyl (C=O) groups excluding carboxylic acids is 1. The smallest absolute Gasteiger partial charge is 0.241 e. The van der Waals surface area contributed by atoms with Gasteiger partial charge in [0.2, 0.25) is 5.91 Å². The summed E-state index contributed by atoms with van der Waals surface area (Å²) in [6.07, 6.45) is 5.20. The Morgan fingerprint density at radius 2 is 1.81 bits per heavy atom. The minimum Gasteiger partial charge on any atom is -0.461 e. The van der Waals surface area contributed by atoms with Gasteiger partial charge in [0.15, 0.2) is 11.6 Å². The first-order valence-electron chi connectivity index (χ1n) is 9.04. The summed E-state index contributed by atoms with van der Waals surface area (Å²) in [5, 5.41) is 0. The van der Waals surface area contributed by atoms with Gasteiger partial charge in [-0.15, -0.1) is 0 Å². The summed E-state index contributed by atoms with van der Waals surface area (Å²) < 4.78 is 5.31. The third-order valence-corrected chi connectivity index (χ3v) is 4.67. The van der Waals surface area contributed by atoms with Crippen LogP contribution in [0.5, 0.6) is 0 Å². The third kappa shape index (κ3) is 3.90. The van der Waals surface area contributed by atoms with Crippen LogP contribution in [0.4, 0.5) is 5.69 Å². The van der Waals surface area contributed by atoms with Crippen LogP contribution >= 0.6 is 0 Å². The van der Waals surface area contributed by atoms with E-state index in [2.05, 4.69) is 46.9 Å². The van der Waals surface area contributed by atoms with Crippen LogP contribution in [-0.2, 0) is 11.3 Å². The van der Waals surface area contributed by atoms with E-state index in [1.54, 1.807) is 18.7 Å². The molecule has 0 spiro atoms. The maximum absolute atomic E-state index is 12.7. The van der Waals surface area contributed by atoms with Crippen molar-refractivity contribution in [2.24, 2.45) is 0 Å². The third-order valence-electron chi connectivity index (χ3n) is 4.67. The lowest BCUT2D eigenvalue weighted by Gasteiger charge is -2.34. The van der Waals surface area contributed by atoms with Gasteiger partial charge in [0.1, 0.15) is 0 Å². The van der Waals surface area contributed by atoms with Crippen LogP contribution in [0.1, 0.15) is 16.7 Å². The van der Waals surface area contributed by atoms with Crippen molar-refractivity contribution in [3.8, 4) is 11.6 Å². The van der Waals surface area contributed by atoms with Gasteiger partial charge in [-0.2, -0.15) is 0 Å². The van der Waals surface area contributed by atoms with Crippen molar-refractivity contribution in [3.63, 3.8) is 0 Å². The fraction of sp³-hybridized carbons (Fsp3) is 0.286. The first-order chi connectivity index (χ1) is 13.1. The summed E-state index contributed by atoms with van der Waals surface area (Å²) in [4.78, 5) is 25.4. The second-order valence-electron chi connectivity index (χ2n) is 6.99. The molecule has 1 aliphatic rings. The van der Waals surface area contributed by atoms with Crippen LogP contribution in [0.15, 0.2) is 53.4 Å². The van der Waals surface area contributed by atoms with Gasteiger partial charge in [0, 0.05) is 43.3 Å². The number of piperazine rings is 1. The quantitative estimate of drug-likeness (QED) is 0.713. The van der Waals surface area contributed by atoms with Gasteiger partial charge in [0.25, 0.3) is 0 Å². The summed E-state index contributed by atoms with van der Waals surface area (Å²) >= 11 is 0. The summed E-state index contributed by atoms with van der Waals surface area (Å²) in [5.74, 6) is 1.35. The minimum absolute atomic E-state index is 0.124. The number of amides is 1. The molecule has 3 aromatic rings. The van der Waals surface area contributed by atoms with Gasteiger partial charge in [-0.25, -0.2) is 9.97 Å². The molecule has 0 aliphatic carbocycles. The van der Waals surface area contributed by atoms with Crippen LogP contribution < -0.4 is 4.90 Å². The van der Waals surface area contributed by atoms with E-state index in [1.165, 1.54) is 11.1 Å². The molecule has 4 rings (SSSR count). The van der Waals surface area contributed by atoms with E-state index in [9.17, 15) is 4.79 Å². The first-order valence-corrected chi connectivity index (χ1v) is 9.04. The molecule has 0 radical (unpaired) electrons. The van der Waals surface area contributed by atoms with Crippen molar-refractivity contribution in [2.75, 3.05) is 24.5 Å². The molecule has 1 saturated heterocycles. The number of hydrogen-bond donors (Lipinski definition) is 0. The molecule has 6 nitrogen and oxygen atoms in total. The summed E-state index contributed by atoms with van der Waals surface area (Å²) in [6.45, 7) is 6.68. The number of aromatic nitrogens is 2. The lowest BCUT2D eigenvalue weighted by molar-refractivity contribution is -0.121. The molecule has 3 heterocycles. The van der Waals surface area contributed by atoms with E-state index >= 15 is 0 Å². The van der Waals surface area contributed by atoms with Gasteiger partial charge < -0.3 is 9.32 Å². The molecule has 138 valence electrons. The molecule has 1 aromatic carbocycles. The summed E-state index contributed by atoms with van der Waals surface area (Å²) in [6, 6.07) is 9.91. The second kappa shape index (κ2) is 7.32. The average Bonchev–Trinajstić information content (AvgIpc) is 3.16. The highest BCUT2D eigenvalue weighted by molar-refractivity contribution is 5.95. The van der Waals surface area contributed by atoms with Crippen LogP contribution in [0.25, 0.3) is 11.6 Å². The average molecular weight is 362 g/mol. The van der Waals surface area contributed by atoms with Crippen molar-refractivity contribution < 1.29 is 9.21 Å². The standard InChI is InChI=1S/C21H22N4O2/c1-15-8-16(2)10-18(9-15)25-6-5-24(14-20(25)26)13-17-11-22-21(23-12-17)19-4-3-7-27-19/h3-4,7-12H,5-6,13-14H2,1-2H3. The molecular weight excluding hydrogens is 340 g/mol. The zero-order valence-corrected chi connectivity index (χ0v) is 15.6. The van der Waals surface area contributed by atoms with Gasteiger partial charge in [-0.05, 0) is 49.2 Å². The lowest BCUT2D eigenvalue weighted by Crippen LogP contribution is -2.50. The highest BCUT2D eigenvalue weighted by Gasteiger charge is 2.25. The fourth-order valence-corrected chi connectivity index (χ4v) is 3.46. The highest BCUT2D eigenvalue weighted by atomic mass is 16.3. The van der Waals surface area contributed by atoms with Crippen molar-refractivity contribution in [2.45, 2.75) is 20.4 Å². The SMILES string of the molecule is Cc1cc(C)cc(N2CCN(Cc3cnc(-c4ccco4)nc3)CC2=O)c1. The monoisotopic (exact) mass is 362 g/mol. The largest absolute Gasteiger partial charge is 0.461 e. The maximum atomic E-state index is 12.7. The minimum atomic E-state index is 0.124. The van der Waals surface area contributed by atoms with E-state index in [4.69, 9.17) is 4.42 Å². The Labute approximate surface area is 158 Å². The zero-order chi connectivity index (χ0) is 18.8. The Morgan fingerprint density at radius 3 is 2.44 bits per heavy atom. The molecule has 0 bridgehead atoms. The number of benzene rings is 1. The Hall–Kier alpha value is -2.99. The van der Waals surface area contributed by atoms with E-state index < -0.39 is 0 Å². The number of furan rings is 1. The fourth-order valence-electron chi connectivity index (χ4n) is 3.46. The molecule has 2 aromatic heterocycles. The molecule has 6 heteroatoms. The van der Waals surface area contributed by atoms with Crippen molar-refractivity contribution in [1.29, 1.82) is 0 Å². The molecule has 1 amide bonds. The van der Waals surface area contributed by atoms with Gasteiger partial charge in [-0.1, -0.05) is 6.07 Å². The Kier molecular flexibility index (Phi) is 4.73. The molecule has 0 atom stereocenters. The number of nitrogens with zero attached hydrogens (tertiary/aromatic N) is 4. The number of aryl methyl sites for hydroxylation is 2. The molecule has 1 aliphatic heterocycles. The number of hydrogen-bond acceptors (Lipinski definition) is 5. The van der Waals surface area contributed by atoms with E-state index in [0.717, 1.165) is 17.8 Å². The molecule has 1 fully saturated rings. The van der Waals surface area contributed by atoms with Crippen molar-refractivity contribution in [3.05, 3.63) is 65.7 Å². The maximum Gasteiger partial charge on any atom is 0.241 e. The Morgan fingerprint density at radius 1 is 1.07 bits per heavy atom. The van der Waals surface area contributed by atoms with Crippen molar-refractivity contribution >= 4 is 11.6 Å². The summed E-state index contributed by atoms with van der Waals surface area (Å²) in [7, 11) is 0. The van der Waals surface area contributed by atoms with E-state index in [0.29, 0.717) is 31.2 Å². The number of rotatable bonds is 4. The summed E-state index contributed by atoms with van der Waals surface area (Å²) in [5.41, 5.74) is 4.32. The zero-order valence-electron chi connectivity index (χ0n) is 15.6. The number of anilines is 1.